The van der Waals surface area contributed by atoms with Crippen LogP contribution in [0.25, 0.3) is 0 Å². The number of halogens is 2. The Morgan fingerprint density at radius 1 is 1.00 bits per heavy atom. The summed E-state index contributed by atoms with van der Waals surface area (Å²) in [5.41, 5.74) is 1.38. The zero-order valence-electron chi connectivity index (χ0n) is 9.73. The van der Waals surface area contributed by atoms with Crippen molar-refractivity contribution < 1.29 is 9.84 Å². The van der Waals surface area contributed by atoms with Crippen LogP contribution in [0.2, 0.25) is 10.0 Å². The topological polar surface area (TPSA) is 29.5 Å². The molecule has 94 valence electrons. The summed E-state index contributed by atoms with van der Waals surface area (Å²) in [5.74, 6) is 0.694. The number of hydrogen-bond donors (Lipinski definition) is 1. The lowest BCUT2D eigenvalue weighted by Gasteiger charge is -2.13. The van der Waals surface area contributed by atoms with Gasteiger partial charge in [-0.15, -0.1) is 0 Å². The lowest BCUT2D eigenvalue weighted by molar-refractivity contribution is 0.220. The van der Waals surface area contributed by atoms with Crippen molar-refractivity contribution in [3.05, 3.63) is 63.6 Å². The van der Waals surface area contributed by atoms with Gasteiger partial charge in [-0.1, -0.05) is 35.3 Å². The summed E-state index contributed by atoms with van der Waals surface area (Å²) in [4.78, 5) is 0. The molecule has 2 aromatic rings. The number of hydrogen-bond acceptors (Lipinski definition) is 2. The Morgan fingerprint density at radius 3 is 2.28 bits per heavy atom. The number of aliphatic hydroxyl groups is 1. The summed E-state index contributed by atoms with van der Waals surface area (Å²) in [6.45, 7) is 0. The maximum absolute atomic E-state index is 10.3. The van der Waals surface area contributed by atoms with Crippen LogP contribution in [0.4, 0.5) is 0 Å². The monoisotopic (exact) mass is 282 g/mol. The van der Waals surface area contributed by atoms with E-state index in [4.69, 9.17) is 27.9 Å². The van der Waals surface area contributed by atoms with E-state index < -0.39 is 6.10 Å². The molecule has 1 atom stereocenters. The molecular formula is C14H12Cl2O2. The van der Waals surface area contributed by atoms with E-state index in [1.165, 1.54) is 0 Å². The minimum absolute atomic E-state index is 0.499. The van der Waals surface area contributed by atoms with Crippen molar-refractivity contribution in [1.29, 1.82) is 0 Å². The van der Waals surface area contributed by atoms with Crippen molar-refractivity contribution in [1.82, 2.24) is 0 Å². The summed E-state index contributed by atoms with van der Waals surface area (Å²) in [5, 5.41) is 11.3. The molecule has 0 aromatic heterocycles. The molecule has 0 radical (unpaired) electrons. The quantitative estimate of drug-likeness (QED) is 0.919. The highest BCUT2D eigenvalue weighted by atomic mass is 35.5. The van der Waals surface area contributed by atoms with Gasteiger partial charge in [-0.25, -0.2) is 0 Å². The highest BCUT2D eigenvalue weighted by Gasteiger charge is 2.12. The minimum atomic E-state index is -0.781. The molecule has 1 unspecified atom stereocenters. The molecule has 0 bridgehead atoms. The van der Waals surface area contributed by atoms with Gasteiger partial charge in [0.1, 0.15) is 11.9 Å². The van der Waals surface area contributed by atoms with E-state index >= 15 is 0 Å². The molecule has 0 fully saturated rings. The molecule has 0 aliphatic heterocycles. The largest absolute Gasteiger partial charge is 0.497 e. The number of ether oxygens (including phenoxy) is 1. The van der Waals surface area contributed by atoms with Gasteiger partial charge in [-0.3, -0.25) is 0 Å². The molecule has 2 aromatic carbocycles. The molecule has 0 heterocycles. The van der Waals surface area contributed by atoms with Gasteiger partial charge >= 0.3 is 0 Å². The first-order chi connectivity index (χ1) is 8.60. The normalized spacial score (nSPS) is 12.2. The van der Waals surface area contributed by atoms with Crippen LogP contribution in [-0.2, 0) is 0 Å². The van der Waals surface area contributed by atoms with E-state index in [9.17, 15) is 5.11 Å². The standard InChI is InChI=1S/C14H12Cl2O2/c1-18-13-4-2-3-9(7-13)14(17)10-5-11(15)8-12(16)6-10/h2-8,14,17H,1H3. The number of aliphatic hydroxyl groups excluding tert-OH is 1. The van der Waals surface area contributed by atoms with Crippen molar-refractivity contribution in [3.8, 4) is 5.75 Å². The Balaban J connectivity index is 2.37. The van der Waals surface area contributed by atoms with E-state index in [2.05, 4.69) is 0 Å². The van der Waals surface area contributed by atoms with E-state index in [0.717, 1.165) is 5.56 Å². The summed E-state index contributed by atoms with van der Waals surface area (Å²) >= 11 is 11.8. The maximum Gasteiger partial charge on any atom is 0.119 e. The Kier molecular flexibility index (Phi) is 4.12. The van der Waals surface area contributed by atoms with Gasteiger partial charge in [0.15, 0.2) is 0 Å². The molecule has 0 amide bonds. The van der Waals surface area contributed by atoms with Gasteiger partial charge in [0.25, 0.3) is 0 Å². The summed E-state index contributed by atoms with van der Waals surface area (Å²) < 4.78 is 5.13. The predicted octanol–water partition coefficient (Wildman–Crippen LogP) is 4.08. The molecule has 0 aliphatic rings. The summed E-state index contributed by atoms with van der Waals surface area (Å²) in [6, 6.07) is 12.3. The van der Waals surface area contributed by atoms with E-state index in [-0.39, 0.29) is 0 Å². The van der Waals surface area contributed by atoms with Crippen LogP contribution < -0.4 is 4.74 Å². The van der Waals surface area contributed by atoms with Gasteiger partial charge in [0.2, 0.25) is 0 Å². The highest BCUT2D eigenvalue weighted by molar-refractivity contribution is 6.34. The van der Waals surface area contributed by atoms with Crippen LogP contribution >= 0.6 is 23.2 Å². The molecular weight excluding hydrogens is 271 g/mol. The Labute approximate surface area is 116 Å². The summed E-state index contributed by atoms with van der Waals surface area (Å²) in [7, 11) is 1.59. The highest BCUT2D eigenvalue weighted by Crippen LogP contribution is 2.29. The average Bonchev–Trinajstić information content (AvgIpc) is 2.37. The molecule has 0 spiro atoms. The molecule has 0 saturated heterocycles. The Morgan fingerprint density at radius 2 is 1.67 bits per heavy atom. The van der Waals surface area contributed by atoms with E-state index in [0.29, 0.717) is 21.4 Å². The first kappa shape index (κ1) is 13.2. The van der Waals surface area contributed by atoms with Crippen LogP contribution in [0.3, 0.4) is 0 Å². The van der Waals surface area contributed by atoms with Crippen LogP contribution in [0.5, 0.6) is 5.75 Å². The predicted molar refractivity (Wildman–Crippen MR) is 73.5 cm³/mol. The van der Waals surface area contributed by atoms with Gasteiger partial charge in [0, 0.05) is 10.0 Å². The summed E-state index contributed by atoms with van der Waals surface area (Å²) in [6.07, 6.45) is -0.781. The molecule has 2 nitrogen and oxygen atoms in total. The molecule has 4 heteroatoms. The van der Waals surface area contributed by atoms with E-state index in [1.54, 1.807) is 31.4 Å². The van der Waals surface area contributed by atoms with Crippen LogP contribution in [0.1, 0.15) is 17.2 Å². The fraction of sp³-hybridized carbons (Fsp3) is 0.143. The van der Waals surface area contributed by atoms with E-state index in [1.807, 2.05) is 18.2 Å². The number of benzene rings is 2. The zero-order chi connectivity index (χ0) is 13.1. The van der Waals surface area contributed by atoms with Crippen molar-refractivity contribution in [2.24, 2.45) is 0 Å². The second-order valence-corrected chi connectivity index (χ2v) is 4.75. The van der Waals surface area contributed by atoms with Crippen LogP contribution in [0.15, 0.2) is 42.5 Å². The minimum Gasteiger partial charge on any atom is -0.497 e. The number of rotatable bonds is 3. The van der Waals surface area contributed by atoms with Crippen molar-refractivity contribution >= 4 is 23.2 Å². The second kappa shape index (κ2) is 5.61. The smallest absolute Gasteiger partial charge is 0.119 e. The average molecular weight is 283 g/mol. The molecule has 18 heavy (non-hydrogen) atoms. The Hall–Kier alpha value is -1.22. The third kappa shape index (κ3) is 2.96. The van der Waals surface area contributed by atoms with Crippen molar-refractivity contribution in [2.75, 3.05) is 7.11 Å². The van der Waals surface area contributed by atoms with Gasteiger partial charge in [0.05, 0.1) is 7.11 Å². The van der Waals surface area contributed by atoms with Crippen LogP contribution in [-0.4, -0.2) is 12.2 Å². The first-order valence-corrected chi connectivity index (χ1v) is 6.14. The van der Waals surface area contributed by atoms with Gasteiger partial charge in [-0.05, 0) is 41.5 Å². The third-order valence-corrected chi connectivity index (χ3v) is 3.05. The third-order valence-electron chi connectivity index (χ3n) is 2.61. The Bertz CT molecular complexity index is 535. The van der Waals surface area contributed by atoms with Crippen molar-refractivity contribution in [3.63, 3.8) is 0 Å². The fourth-order valence-electron chi connectivity index (χ4n) is 1.74. The first-order valence-electron chi connectivity index (χ1n) is 5.38. The maximum atomic E-state index is 10.3. The molecule has 0 saturated carbocycles. The van der Waals surface area contributed by atoms with Crippen LogP contribution in [0, 0.1) is 0 Å². The molecule has 2 rings (SSSR count). The number of methoxy groups -OCH3 is 1. The second-order valence-electron chi connectivity index (χ2n) is 3.88. The zero-order valence-corrected chi connectivity index (χ0v) is 11.2. The molecule has 1 N–H and O–H groups in total. The SMILES string of the molecule is COc1cccc(C(O)c2cc(Cl)cc(Cl)c2)c1. The lowest BCUT2D eigenvalue weighted by atomic mass is 10.0. The lowest BCUT2D eigenvalue weighted by Crippen LogP contribution is -2.00. The van der Waals surface area contributed by atoms with Gasteiger partial charge in [-0.2, -0.15) is 0 Å². The van der Waals surface area contributed by atoms with Gasteiger partial charge < -0.3 is 9.84 Å². The fourth-order valence-corrected chi connectivity index (χ4v) is 2.28. The van der Waals surface area contributed by atoms with Crippen molar-refractivity contribution in [2.45, 2.75) is 6.10 Å². The molecule has 0 aliphatic carbocycles.